The Balaban J connectivity index is 1.48. The fourth-order valence-electron chi connectivity index (χ4n) is 3.85. The summed E-state index contributed by atoms with van der Waals surface area (Å²) in [4.78, 5) is 49.9. The van der Waals surface area contributed by atoms with Gasteiger partial charge in [-0.3, -0.25) is 19.3 Å². The number of nitrogens with one attached hydrogen (secondary N) is 2. The van der Waals surface area contributed by atoms with Crippen LogP contribution >= 0.6 is 11.6 Å². The largest absolute Gasteiger partial charge is 0.454 e. The normalized spacial score (nSPS) is 23.8. The van der Waals surface area contributed by atoms with Gasteiger partial charge in [0.15, 0.2) is 6.61 Å². The van der Waals surface area contributed by atoms with Gasteiger partial charge in [0, 0.05) is 11.6 Å². The quantitative estimate of drug-likeness (QED) is 0.540. The molecule has 0 aromatic heterocycles. The third-order valence-corrected chi connectivity index (χ3v) is 5.96. The van der Waals surface area contributed by atoms with Gasteiger partial charge >= 0.3 is 12.0 Å². The standard InChI is InChI=1S/C20H24ClN3O5/c1-13-6-4-5-9-20(13)18(27)24(19(28)23-20)11-17(26)29-12-16(25)22-10-14-7-2-3-8-15(14)21/h2-3,7-8,13H,4-6,9-12H2,1H3,(H,22,25)(H,23,28)/t13-,20-/m0/s1. The summed E-state index contributed by atoms with van der Waals surface area (Å²) in [5.74, 6) is -1.71. The molecule has 8 nitrogen and oxygen atoms in total. The molecule has 1 saturated carbocycles. The van der Waals surface area contributed by atoms with E-state index in [9.17, 15) is 19.2 Å². The van der Waals surface area contributed by atoms with Crippen LogP contribution in [0, 0.1) is 5.92 Å². The number of amides is 4. The lowest BCUT2D eigenvalue weighted by Crippen LogP contribution is -2.54. The van der Waals surface area contributed by atoms with Crippen LogP contribution in [-0.4, -0.2) is 47.4 Å². The first-order valence-electron chi connectivity index (χ1n) is 9.63. The number of carbonyl (C=O) groups excluding carboxylic acids is 4. The Hall–Kier alpha value is -2.61. The smallest absolute Gasteiger partial charge is 0.326 e. The van der Waals surface area contributed by atoms with Crippen molar-refractivity contribution in [2.24, 2.45) is 5.92 Å². The Morgan fingerprint density at radius 2 is 2.07 bits per heavy atom. The molecule has 1 spiro atoms. The highest BCUT2D eigenvalue weighted by Gasteiger charge is 2.55. The molecule has 156 valence electrons. The minimum Gasteiger partial charge on any atom is -0.454 e. The summed E-state index contributed by atoms with van der Waals surface area (Å²) in [6.07, 6.45) is 3.27. The van der Waals surface area contributed by atoms with Crippen LogP contribution in [0.25, 0.3) is 0 Å². The maximum atomic E-state index is 12.8. The molecule has 1 aliphatic carbocycles. The van der Waals surface area contributed by atoms with E-state index >= 15 is 0 Å². The summed E-state index contributed by atoms with van der Waals surface area (Å²) >= 11 is 6.02. The van der Waals surface area contributed by atoms with Crippen LogP contribution in [0.5, 0.6) is 0 Å². The monoisotopic (exact) mass is 421 g/mol. The van der Waals surface area contributed by atoms with Gasteiger partial charge in [0.05, 0.1) is 0 Å². The summed E-state index contributed by atoms with van der Waals surface area (Å²) in [7, 11) is 0. The number of hydrogen-bond acceptors (Lipinski definition) is 5. The van der Waals surface area contributed by atoms with Crippen LogP contribution < -0.4 is 10.6 Å². The molecule has 1 aliphatic heterocycles. The van der Waals surface area contributed by atoms with E-state index in [1.807, 2.05) is 6.92 Å². The van der Waals surface area contributed by atoms with Crippen molar-refractivity contribution in [1.29, 1.82) is 0 Å². The molecule has 3 rings (SSSR count). The number of imide groups is 1. The molecule has 0 bridgehead atoms. The molecule has 1 saturated heterocycles. The number of esters is 1. The number of ether oxygens (including phenoxy) is 1. The van der Waals surface area contributed by atoms with Crippen molar-refractivity contribution < 1.29 is 23.9 Å². The molecule has 4 amide bonds. The summed E-state index contributed by atoms with van der Waals surface area (Å²) < 4.78 is 4.93. The number of rotatable bonds is 6. The van der Waals surface area contributed by atoms with Gasteiger partial charge in [0.2, 0.25) is 0 Å². The second-order valence-corrected chi connectivity index (χ2v) is 7.88. The van der Waals surface area contributed by atoms with Crippen LogP contribution in [0.4, 0.5) is 4.79 Å². The molecular weight excluding hydrogens is 398 g/mol. The molecule has 2 N–H and O–H groups in total. The molecule has 1 heterocycles. The van der Waals surface area contributed by atoms with Gasteiger partial charge in [-0.2, -0.15) is 0 Å². The van der Waals surface area contributed by atoms with E-state index in [1.54, 1.807) is 24.3 Å². The first-order chi connectivity index (χ1) is 13.8. The summed E-state index contributed by atoms with van der Waals surface area (Å²) in [6, 6.07) is 6.47. The minimum atomic E-state index is -0.929. The number of carbonyl (C=O) groups is 4. The van der Waals surface area contributed by atoms with Gasteiger partial charge < -0.3 is 15.4 Å². The Morgan fingerprint density at radius 3 is 2.79 bits per heavy atom. The summed E-state index contributed by atoms with van der Waals surface area (Å²) in [5.41, 5.74) is -0.192. The van der Waals surface area contributed by atoms with E-state index in [4.69, 9.17) is 16.3 Å². The Labute approximate surface area is 173 Å². The van der Waals surface area contributed by atoms with E-state index in [0.717, 1.165) is 29.7 Å². The average molecular weight is 422 g/mol. The first-order valence-corrected chi connectivity index (χ1v) is 10.0. The van der Waals surface area contributed by atoms with Crippen LogP contribution in [0.3, 0.4) is 0 Å². The fraction of sp³-hybridized carbons (Fsp3) is 0.500. The van der Waals surface area contributed by atoms with Gasteiger partial charge in [-0.25, -0.2) is 4.79 Å². The lowest BCUT2D eigenvalue weighted by Gasteiger charge is -2.36. The molecular formula is C20H24ClN3O5. The third-order valence-electron chi connectivity index (χ3n) is 5.59. The van der Waals surface area contributed by atoms with E-state index in [2.05, 4.69) is 10.6 Å². The average Bonchev–Trinajstić information content (AvgIpc) is 2.93. The fourth-order valence-corrected chi connectivity index (χ4v) is 4.05. The van der Waals surface area contributed by atoms with Crippen molar-refractivity contribution in [3.8, 4) is 0 Å². The molecule has 1 aromatic carbocycles. The van der Waals surface area contributed by atoms with E-state index < -0.39 is 42.5 Å². The minimum absolute atomic E-state index is 0.00399. The summed E-state index contributed by atoms with van der Waals surface area (Å²) in [6.45, 7) is 1.11. The van der Waals surface area contributed by atoms with Crippen LogP contribution in [0.2, 0.25) is 5.02 Å². The van der Waals surface area contributed by atoms with Crippen LogP contribution in [0.1, 0.15) is 38.2 Å². The number of urea groups is 1. The van der Waals surface area contributed by atoms with Gasteiger partial charge in [0.25, 0.3) is 11.8 Å². The van der Waals surface area contributed by atoms with Crippen LogP contribution in [0.15, 0.2) is 24.3 Å². The molecule has 2 atom stereocenters. The SMILES string of the molecule is C[C@H]1CCCC[C@]12NC(=O)N(CC(=O)OCC(=O)NCc1ccccc1Cl)C2=O. The lowest BCUT2D eigenvalue weighted by atomic mass is 9.73. The van der Waals surface area contributed by atoms with Gasteiger partial charge in [-0.1, -0.05) is 49.6 Å². The zero-order valence-electron chi connectivity index (χ0n) is 16.2. The maximum Gasteiger partial charge on any atom is 0.326 e. The zero-order chi connectivity index (χ0) is 21.0. The Kier molecular flexibility index (Phi) is 6.42. The Bertz CT molecular complexity index is 830. The number of benzene rings is 1. The molecule has 0 unspecified atom stereocenters. The van der Waals surface area contributed by atoms with Crippen molar-refractivity contribution in [3.63, 3.8) is 0 Å². The topological polar surface area (TPSA) is 105 Å². The predicted molar refractivity (Wildman–Crippen MR) is 105 cm³/mol. The highest BCUT2D eigenvalue weighted by atomic mass is 35.5. The molecule has 0 radical (unpaired) electrons. The molecule has 2 aliphatic rings. The maximum absolute atomic E-state index is 12.8. The third kappa shape index (κ3) is 4.53. The van der Waals surface area contributed by atoms with Crippen LogP contribution in [-0.2, 0) is 25.7 Å². The van der Waals surface area contributed by atoms with Gasteiger partial charge in [-0.15, -0.1) is 0 Å². The Morgan fingerprint density at radius 1 is 1.31 bits per heavy atom. The number of nitrogens with zero attached hydrogens (tertiary/aromatic N) is 1. The van der Waals surface area contributed by atoms with Crippen molar-refractivity contribution in [2.45, 2.75) is 44.7 Å². The highest BCUT2D eigenvalue weighted by Crippen LogP contribution is 2.38. The van der Waals surface area contributed by atoms with E-state index in [-0.39, 0.29) is 12.5 Å². The van der Waals surface area contributed by atoms with E-state index in [1.165, 1.54) is 0 Å². The lowest BCUT2D eigenvalue weighted by molar-refractivity contribution is -0.151. The van der Waals surface area contributed by atoms with Crippen molar-refractivity contribution in [2.75, 3.05) is 13.2 Å². The first kappa shape index (κ1) is 21.1. The van der Waals surface area contributed by atoms with Gasteiger partial charge in [0.1, 0.15) is 12.1 Å². The zero-order valence-corrected chi connectivity index (χ0v) is 17.0. The molecule has 1 aromatic rings. The molecule has 29 heavy (non-hydrogen) atoms. The van der Waals surface area contributed by atoms with Crippen molar-refractivity contribution >= 4 is 35.4 Å². The molecule has 9 heteroatoms. The van der Waals surface area contributed by atoms with E-state index in [0.29, 0.717) is 11.4 Å². The number of hydrogen-bond donors (Lipinski definition) is 2. The summed E-state index contributed by atoms with van der Waals surface area (Å²) in [5, 5.41) is 5.89. The van der Waals surface area contributed by atoms with Crippen molar-refractivity contribution in [3.05, 3.63) is 34.9 Å². The number of halogens is 1. The second kappa shape index (κ2) is 8.82. The highest BCUT2D eigenvalue weighted by molar-refractivity contribution is 6.31. The predicted octanol–water partition coefficient (Wildman–Crippen LogP) is 2.00. The van der Waals surface area contributed by atoms with Crippen molar-refractivity contribution in [1.82, 2.24) is 15.5 Å². The molecule has 2 fully saturated rings. The second-order valence-electron chi connectivity index (χ2n) is 7.47. The van der Waals surface area contributed by atoms with Gasteiger partial charge in [-0.05, 0) is 30.4 Å².